The predicted molar refractivity (Wildman–Crippen MR) is 103 cm³/mol. The number of likely N-dealkylation sites (tertiary alicyclic amines) is 1. The highest BCUT2D eigenvalue weighted by Gasteiger charge is 2.25. The predicted octanol–water partition coefficient (Wildman–Crippen LogP) is 2.73. The molecule has 1 fully saturated rings. The quantitative estimate of drug-likeness (QED) is 0.744. The van der Waals surface area contributed by atoms with Crippen LogP contribution in [0.4, 0.5) is 0 Å². The summed E-state index contributed by atoms with van der Waals surface area (Å²) in [5.74, 6) is -0.243. The maximum atomic E-state index is 13.3. The van der Waals surface area contributed by atoms with Gasteiger partial charge >= 0.3 is 0 Å². The van der Waals surface area contributed by atoms with Gasteiger partial charge in [-0.25, -0.2) is 0 Å². The van der Waals surface area contributed by atoms with Gasteiger partial charge in [0.05, 0.1) is 5.39 Å². The average molecular weight is 364 g/mol. The van der Waals surface area contributed by atoms with Crippen LogP contribution in [0, 0.1) is 0 Å². The van der Waals surface area contributed by atoms with Crippen LogP contribution in [0.15, 0.2) is 51.7 Å². The monoisotopic (exact) mass is 364 g/mol. The van der Waals surface area contributed by atoms with Crippen LogP contribution in [0.2, 0.25) is 0 Å². The van der Waals surface area contributed by atoms with Gasteiger partial charge in [-0.1, -0.05) is 30.3 Å². The average Bonchev–Trinajstić information content (AvgIpc) is 2.66. The number of carbonyl (C=O) groups is 1. The van der Waals surface area contributed by atoms with Gasteiger partial charge in [0.15, 0.2) is 5.76 Å². The zero-order valence-electron chi connectivity index (χ0n) is 15.0. The van der Waals surface area contributed by atoms with Crippen LogP contribution >= 0.6 is 0 Å². The van der Waals surface area contributed by atoms with Crippen molar-refractivity contribution >= 4 is 16.9 Å². The molecule has 4 rings (SSSR count). The molecule has 0 bridgehead atoms. The third-order valence-corrected chi connectivity index (χ3v) is 4.96. The Balaban J connectivity index is 2.02. The second kappa shape index (κ2) is 6.89. The first-order chi connectivity index (χ1) is 13.1. The van der Waals surface area contributed by atoms with Crippen molar-refractivity contribution in [1.29, 1.82) is 0 Å². The van der Waals surface area contributed by atoms with Gasteiger partial charge in [0.2, 0.25) is 5.43 Å². The van der Waals surface area contributed by atoms with Crippen LogP contribution in [-0.4, -0.2) is 36.1 Å². The maximum Gasteiger partial charge on any atom is 0.258 e. The number of nitrogens with one attached hydrogen (secondary N) is 1. The highest BCUT2D eigenvalue weighted by Crippen LogP contribution is 2.32. The van der Waals surface area contributed by atoms with E-state index in [4.69, 9.17) is 4.42 Å². The Hall–Kier alpha value is -3.12. The van der Waals surface area contributed by atoms with Crippen molar-refractivity contribution in [3.63, 3.8) is 0 Å². The largest absolute Gasteiger partial charge is 0.508 e. The fraction of sp³-hybridized carbons (Fsp3) is 0.238. The van der Waals surface area contributed by atoms with Crippen LogP contribution in [0.3, 0.4) is 0 Å². The fourth-order valence-electron chi connectivity index (χ4n) is 3.39. The van der Waals surface area contributed by atoms with Gasteiger partial charge in [0.25, 0.3) is 5.91 Å². The SMILES string of the molecule is CNC(=O)c1c(-c2ccccc2)oc2ccc(O)c(CN3CCC3)c2c1=O. The second-order valence-electron chi connectivity index (χ2n) is 6.65. The van der Waals surface area contributed by atoms with E-state index < -0.39 is 11.3 Å². The third kappa shape index (κ3) is 2.98. The standard InChI is InChI=1S/C21H20N2O4/c1-22-21(26)18-19(25)17-14(12-23-10-5-11-23)15(24)8-9-16(17)27-20(18)13-6-3-2-4-7-13/h2-4,6-9,24H,5,10-12H2,1H3,(H,22,26). The zero-order valence-corrected chi connectivity index (χ0v) is 15.0. The van der Waals surface area contributed by atoms with Crippen molar-refractivity contribution < 1.29 is 14.3 Å². The van der Waals surface area contributed by atoms with E-state index in [9.17, 15) is 14.7 Å². The molecule has 0 radical (unpaired) electrons. The summed E-state index contributed by atoms with van der Waals surface area (Å²) in [5.41, 5.74) is 1.03. The number of nitrogens with zero attached hydrogens (tertiary/aromatic N) is 1. The number of fused-ring (bicyclic) bond motifs is 1. The molecule has 1 saturated heterocycles. The Morgan fingerprint density at radius 3 is 2.56 bits per heavy atom. The number of hydrogen-bond acceptors (Lipinski definition) is 5. The van der Waals surface area contributed by atoms with Crippen molar-refractivity contribution in [1.82, 2.24) is 10.2 Å². The maximum absolute atomic E-state index is 13.3. The lowest BCUT2D eigenvalue weighted by atomic mass is 10.00. The molecule has 0 spiro atoms. The van der Waals surface area contributed by atoms with Gasteiger partial charge in [0.1, 0.15) is 16.9 Å². The van der Waals surface area contributed by atoms with Crippen molar-refractivity contribution in [2.24, 2.45) is 0 Å². The van der Waals surface area contributed by atoms with E-state index in [1.54, 1.807) is 18.2 Å². The lowest BCUT2D eigenvalue weighted by Gasteiger charge is -2.31. The Kier molecular flexibility index (Phi) is 4.41. The van der Waals surface area contributed by atoms with Crippen molar-refractivity contribution in [3.05, 3.63) is 63.8 Å². The number of amides is 1. The van der Waals surface area contributed by atoms with Crippen LogP contribution in [-0.2, 0) is 6.54 Å². The molecule has 2 heterocycles. The topological polar surface area (TPSA) is 82.8 Å². The molecule has 138 valence electrons. The molecular formula is C21H20N2O4. The molecule has 6 heteroatoms. The van der Waals surface area contributed by atoms with E-state index in [-0.39, 0.29) is 22.5 Å². The molecule has 0 aliphatic carbocycles. The minimum atomic E-state index is -0.511. The van der Waals surface area contributed by atoms with Crippen molar-refractivity contribution in [2.45, 2.75) is 13.0 Å². The number of phenolic OH excluding ortho intramolecular Hbond substituents is 1. The molecular weight excluding hydrogens is 344 g/mol. The molecule has 0 unspecified atom stereocenters. The van der Waals surface area contributed by atoms with Gasteiger partial charge < -0.3 is 14.8 Å². The number of benzene rings is 2. The van der Waals surface area contributed by atoms with Crippen LogP contribution in [0.1, 0.15) is 22.3 Å². The number of hydrogen-bond donors (Lipinski definition) is 2. The van der Waals surface area contributed by atoms with Gasteiger partial charge in [-0.15, -0.1) is 0 Å². The Morgan fingerprint density at radius 1 is 1.19 bits per heavy atom. The molecule has 2 N–H and O–H groups in total. The number of aromatic hydroxyl groups is 1. The molecule has 3 aromatic rings. The molecule has 0 saturated carbocycles. The van der Waals surface area contributed by atoms with E-state index in [0.717, 1.165) is 19.5 Å². The molecule has 0 atom stereocenters. The van der Waals surface area contributed by atoms with Crippen molar-refractivity contribution in [3.8, 4) is 17.1 Å². The molecule has 1 aliphatic heterocycles. The zero-order chi connectivity index (χ0) is 19.0. The molecule has 1 aromatic heterocycles. The summed E-state index contributed by atoms with van der Waals surface area (Å²) < 4.78 is 6.02. The van der Waals surface area contributed by atoms with Gasteiger partial charge in [0, 0.05) is 24.7 Å². The summed E-state index contributed by atoms with van der Waals surface area (Å²) >= 11 is 0. The third-order valence-electron chi connectivity index (χ3n) is 4.96. The van der Waals surface area contributed by atoms with Gasteiger partial charge in [-0.05, 0) is 31.6 Å². The molecule has 1 amide bonds. The van der Waals surface area contributed by atoms with E-state index >= 15 is 0 Å². The number of phenols is 1. The Bertz CT molecular complexity index is 1070. The molecule has 6 nitrogen and oxygen atoms in total. The Labute approximate surface area is 156 Å². The van der Waals surface area contributed by atoms with Crippen LogP contribution in [0.25, 0.3) is 22.3 Å². The highest BCUT2D eigenvalue weighted by molar-refractivity contribution is 6.02. The van der Waals surface area contributed by atoms with E-state index in [2.05, 4.69) is 10.2 Å². The summed E-state index contributed by atoms with van der Waals surface area (Å²) in [7, 11) is 1.48. The van der Waals surface area contributed by atoms with Crippen LogP contribution in [0.5, 0.6) is 5.75 Å². The minimum Gasteiger partial charge on any atom is -0.508 e. The first-order valence-corrected chi connectivity index (χ1v) is 8.91. The van der Waals surface area contributed by atoms with Gasteiger partial charge in [-0.3, -0.25) is 14.5 Å². The molecule has 27 heavy (non-hydrogen) atoms. The summed E-state index contributed by atoms with van der Waals surface area (Å²) in [4.78, 5) is 28.0. The second-order valence-corrected chi connectivity index (χ2v) is 6.65. The smallest absolute Gasteiger partial charge is 0.258 e. The first kappa shape index (κ1) is 17.3. The lowest BCUT2D eigenvalue weighted by molar-refractivity contribution is 0.0961. The summed E-state index contributed by atoms with van der Waals surface area (Å²) in [6.45, 7) is 2.29. The van der Waals surface area contributed by atoms with Crippen LogP contribution < -0.4 is 10.7 Å². The number of rotatable bonds is 4. The number of carbonyl (C=O) groups excluding carboxylic acids is 1. The highest BCUT2D eigenvalue weighted by atomic mass is 16.3. The Morgan fingerprint density at radius 2 is 1.93 bits per heavy atom. The fourth-order valence-corrected chi connectivity index (χ4v) is 3.39. The van der Waals surface area contributed by atoms with E-state index in [0.29, 0.717) is 23.3 Å². The minimum absolute atomic E-state index is 0.0389. The van der Waals surface area contributed by atoms with E-state index in [1.165, 1.54) is 13.1 Å². The summed E-state index contributed by atoms with van der Waals surface area (Å²) in [6.07, 6.45) is 1.10. The summed E-state index contributed by atoms with van der Waals surface area (Å²) in [5, 5.41) is 13.2. The first-order valence-electron chi connectivity index (χ1n) is 8.91. The van der Waals surface area contributed by atoms with Gasteiger partial charge in [-0.2, -0.15) is 0 Å². The van der Waals surface area contributed by atoms with Crippen molar-refractivity contribution in [2.75, 3.05) is 20.1 Å². The molecule has 2 aromatic carbocycles. The normalized spacial score (nSPS) is 14.1. The lowest BCUT2D eigenvalue weighted by Crippen LogP contribution is -2.36. The van der Waals surface area contributed by atoms with E-state index in [1.807, 2.05) is 18.2 Å². The summed E-state index contributed by atoms with van der Waals surface area (Å²) in [6, 6.07) is 12.2. The molecule has 1 aliphatic rings.